The van der Waals surface area contributed by atoms with Crippen LogP contribution in [0, 0.1) is 10.1 Å². The van der Waals surface area contributed by atoms with E-state index >= 15 is 0 Å². The molecule has 0 spiro atoms. The normalized spacial score (nSPS) is 24.1. The third-order valence-corrected chi connectivity index (χ3v) is 4.64. The second-order valence-corrected chi connectivity index (χ2v) is 7.64. The van der Waals surface area contributed by atoms with Crippen molar-refractivity contribution in [1.29, 1.82) is 0 Å². The molecule has 136 valence electrons. The third kappa shape index (κ3) is 3.40. The van der Waals surface area contributed by atoms with E-state index in [9.17, 15) is 10.1 Å². The summed E-state index contributed by atoms with van der Waals surface area (Å²) in [5.41, 5.74) is 2.09. The Hall–Kier alpha value is -1.96. The molecule has 1 aromatic heterocycles. The van der Waals surface area contributed by atoms with Gasteiger partial charge in [-0.1, -0.05) is 20.8 Å². The van der Waals surface area contributed by atoms with Crippen LogP contribution >= 0.6 is 0 Å². The van der Waals surface area contributed by atoms with Gasteiger partial charge in [-0.15, -0.1) is 0 Å². The molecule has 3 rings (SSSR count). The highest BCUT2D eigenvalue weighted by molar-refractivity contribution is 5.84. The van der Waals surface area contributed by atoms with E-state index in [1.807, 2.05) is 19.1 Å². The molecule has 1 aliphatic heterocycles. The minimum atomic E-state index is -0.770. The summed E-state index contributed by atoms with van der Waals surface area (Å²) < 4.78 is 13.9. The number of nitrogens with one attached hydrogen (secondary N) is 1. The Balaban J connectivity index is 2.02. The van der Waals surface area contributed by atoms with E-state index in [0.29, 0.717) is 13.2 Å². The monoisotopic (exact) mass is 347 g/mol. The fourth-order valence-electron chi connectivity index (χ4n) is 3.25. The molecule has 0 saturated carbocycles. The predicted molar refractivity (Wildman–Crippen MR) is 95.6 cm³/mol. The first kappa shape index (κ1) is 17.8. The third-order valence-electron chi connectivity index (χ3n) is 4.64. The molecular formula is C18H25N3O4. The molecule has 1 aromatic carbocycles. The van der Waals surface area contributed by atoms with Crippen LogP contribution in [0.15, 0.2) is 24.3 Å². The maximum absolute atomic E-state index is 11.1. The lowest BCUT2D eigenvalue weighted by molar-refractivity contribution is -0.384. The number of ether oxygens (including phenoxy) is 2. The Bertz CT molecular complexity index is 808. The Kier molecular flexibility index (Phi) is 4.35. The second-order valence-electron chi connectivity index (χ2n) is 7.64. The Morgan fingerprint density at radius 3 is 2.68 bits per heavy atom. The van der Waals surface area contributed by atoms with Gasteiger partial charge in [0.05, 0.1) is 18.1 Å². The van der Waals surface area contributed by atoms with Gasteiger partial charge in [0.2, 0.25) is 5.91 Å². The molecule has 1 saturated heterocycles. The van der Waals surface area contributed by atoms with Crippen molar-refractivity contribution in [3.63, 3.8) is 0 Å². The van der Waals surface area contributed by atoms with E-state index in [1.165, 1.54) is 0 Å². The topological polar surface area (TPSA) is 78.6 Å². The van der Waals surface area contributed by atoms with Crippen LogP contribution in [-0.2, 0) is 21.4 Å². The molecule has 1 fully saturated rings. The van der Waals surface area contributed by atoms with E-state index in [0.717, 1.165) is 16.6 Å². The molecular weight excluding hydrogens is 322 g/mol. The molecule has 1 N–H and O–H groups in total. The lowest BCUT2D eigenvalue weighted by atomic mass is 9.92. The lowest BCUT2D eigenvalue weighted by Gasteiger charge is -2.25. The molecule has 0 amide bonds. The summed E-state index contributed by atoms with van der Waals surface area (Å²) in [6.45, 7) is 9.38. The van der Waals surface area contributed by atoms with Gasteiger partial charge in [-0.25, -0.2) is 0 Å². The highest BCUT2D eigenvalue weighted by Crippen LogP contribution is 2.33. The number of nitro benzene ring substituents is 1. The van der Waals surface area contributed by atoms with Crippen molar-refractivity contribution in [3.05, 3.63) is 40.1 Å². The van der Waals surface area contributed by atoms with Gasteiger partial charge in [0, 0.05) is 41.1 Å². The van der Waals surface area contributed by atoms with Crippen molar-refractivity contribution in [2.45, 2.75) is 51.7 Å². The number of rotatable bonds is 4. The van der Waals surface area contributed by atoms with Crippen LogP contribution in [-0.4, -0.2) is 35.2 Å². The fraction of sp³-hybridized carbons (Fsp3) is 0.556. The highest BCUT2D eigenvalue weighted by atomic mass is 16.8. The number of fused-ring (bicyclic) bond motifs is 1. The van der Waals surface area contributed by atoms with Crippen molar-refractivity contribution < 1.29 is 14.4 Å². The van der Waals surface area contributed by atoms with Crippen molar-refractivity contribution in [3.8, 4) is 0 Å². The van der Waals surface area contributed by atoms with Crippen molar-refractivity contribution in [2.24, 2.45) is 0 Å². The average molecular weight is 347 g/mol. The summed E-state index contributed by atoms with van der Waals surface area (Å²) in [5, 5.41) is 15.0. The quantitative estimate of drug-likeness (QED) is 0.679. The zero-order chi connectivity index (χ0) is 18.4. The zero-order valence-electron chi connectivity index (χ0n) is 15.3. The molecule has 2 heterocycles. The number of aromatic nitrogens is 1. The van der Waals surface area contributed by atoms with Gasteiger partial charge in [0.15, 0.2) is 0 Å². The van der Waals surface area contributed by atoms with Gasteiger partial charge < -0.3 is 14.0 Å². The molecule has 1 unspecified atom stereocenters. The van der Waals surface area contributed by atoms with Crippen LogP contribution in [0.3, 0.4) is 0 Å². The van der Waals surface area contributed by atoms with Crippen LogP contribution < -0.4 is 5.32 Å². The van der Waals surface area contributed by atoms with Crippen LogP contribution in [0.4, 0.5) is 5.69 Å². The van der Waals surface area contributed by atoms with Crippen LogP contribution in [0.5, 0.6) is 0 Å². The molecule has 1 aliphatic rings. The average Bonchev–Trinajstić information content (AvgIpc) is 3.09. The smallest absolute Gasteiger partial charge is 0.270 e. The van der Waals surface area contributed by atoms with Crippen molar-refractivity contribution >= 4 is 16.6 Å². The minimum Gasteiger partial charge on any atom is -0.341 e. The van der Waals surface area contributed by atoms with E-state index in [4.69, 9.17) is 9.47 Å². The van der Waals surface area contributed by atoms with Gasteiger partial charge >= 0.3 is 0 Å². The molecule has 7 heteroatoms. The van der Waals surface area contributed by atoms with Crippen molar-refractivity contribution in [2.75, 3.05) is 13.7 Å². The fourth-order valence-corrected chi connectivity index (χ4v) is 3.25. The van der Waals surface area contributed by atoms with Gasteiger partial charge in [-0.3, -0.25) is 15.4 Å². The van der Waals surface area contributed by atoms with E-state index in [2.05, 4.69) is 30.7 Å². The molecule has 25 heavy (non-hydrogen) atoms. The van der Waals surface area contributed by atoms with Crippen LogP contribution in [0.2, 0.25) is 0 Å². The second kappa shape index (κ2) is 6.09. The van der Waals surface area contributed by atoms with E-state index in [-0.39, 0.29) is 22.1 Å². The number of nitro groups is 1. The lowest BCUT2D eigenvalue weighted by Crippen LogP contribution is -2.41. The number of nitrogens with zero attached hydrogens (tertiary/aromatic N) is 2. The summed E-state index contributed by atoms with van der Waals surface area (Å²) in [7, 11) is 1.80. The molecule has 0 aliphatic carbocycles. The number of hydrogen-bond acceptors (Lipinski definition) is 5. The summed E-state index contributed by atoms with van der Waals surface area (Å²) in [6, 6.07) is 7.03. The SMILES string of the molecule is CNC1(C)OC[C@@H](Cn2c(C(C)(C)C)cc3cc([N+](=O)[O-])ccc32)O1. The summed E-state index contributed by atoms with van der Waals surface area (Å²) in [6.07, 6.45) is -0.0932. The van der Waals surface area contributed by atoms with Crippen molar-refractivity contribution in [1.82, 2.24) is 9.88 Å². The zero-order valence-corrected chi connectivity index (χ0v) is 15.3. The van der Waals surface area contributed by atoms with Gasteiger partial charge in [0.25, 0.3) is 5.69 Å². The van der Waals surface area contributed by atoms with E-state index < -0.39 is 5.91 Å². The van der Waals surface area contributed by atoms with Gasteiger partial charge in [-0.2, -0.15) is 0 Å². The minimum absolute atomic E-state index is 0.0932. The molecule has 0 radical (unpaired) electrons. The summed E-state index contributed by atoms with van der Waals surface area (Å²) in [4.78, 5) is 10.7. The maximum Gasteiger partial charge on any atom is 0.270 e. The highest BCUT2D eigenvalue weighted by Gasteiger charge is 2.36. The van der Waals surface area contributed by atoms with Crippen LogP contribution in [0.1, 0.15) is 33.4 Å². The van der Waals surface area contributed by atoms with Gasteiger partial charge in [-0.05, 0) is 19.2 Å². The first-order valence-corrected chi connectivity index (χ1v) is 8.42. The number of non-ortho nitro benzene ring substituents is 1. The maximum atomic E-state index is 11.1. The summed E-state index contributed by atoms with van der Waals surface area (Å²) in [5.74, 6) is -0.770. The first-order chi connectivity index (χ1) is 11.6. The molecule has 7 nitrogen and oxygen atoms in total. The number of benzene rings is 1. The largest absolute Gasteiger partial charge is 0.341 e. The predicted octanol–water partition coefficient (Wildman–Crippen LogP) is 3.16. The standard InChI is InChI=1S/C18H25N3O4/c1-17(2,3)16-9-12-8-13(21(22)23)6-7-15(12)20(16)10-14-11-24-18(4,19-5)25-14/h6-9,14,19H,10-11H2,1-5H3/t14-,18?/m1/s1. The number of hydrogen-bond donors (Lipinski definition) is 1. The Labute approximate surface area is 147 Å². The Morgan fingerprint density at radius 1 is 1.40 bits per heavy atom. The molecule has 2 aromatic rings. The summed E-state index contributed by atoms with van der Waals surface area (Å²) >= 11 is 0. The van der Waals surface area contributed by atoms with Gasteiger partial charge in [0.1, 0.15) is 6.10 Å². The van der Waals surface area contributed by atoms with E-state index in [1.54, 1.807) is 19.2 Å². The van der Waals surface area contributed by atoms with Crippen LogP contribution in [0.25, 0.3) is 10.9 Å². The molecule has 0 bridgehead atoms. The Morgan fingerprint density at radius 2 is 2.12 bits per heavy atom. The molecule has 2 atom stereocenters. The first-order valence-electron chi connectivity index (χ1n) is 8.42.